The molecule has 23 heavy (non-hydrogen) atoms. The number of hydrogen-bond donors (Lipinski definition) is 1. The summed E-state index contributed by atoms with van der Waals surface area (Å²) in [6.07, 6.45) is 2.36. The van der Waals surface area contributed by atoms with Crippen molar-refractivity contribution in [2.24, 2.45) is 0 Å². The lowest BCUT2D eigenvalue weighted by atomic mass is 10.0. The zero-order valence-electron chi connectivity index (χ0n) is 12.6. The third-order valence-corrected chi connectivity index (χ3v) is 4.16. The normalized spacial score (nSPS) is 15.1. The van der Waals surface area contributed by atoms with Gasteiger partial charge in [-0.15, -0.1) is 0 Å². The minimum Gasteiger partial charge on any atom is -0.445 e. The van der Waals surface area contributed by atoms with Crippen molar-refractivity contribution in [1.29, 1.82) is 0 Å². The molecule has 0 spiro atoms. The molecule has 2 rings (SSSR count). The van der Waals surface area contributed by atoms with Crippen LogP contribution in [-0.2, 0) is 4.74 Å². The predicted octanol–water partition coefficient (Wildman–Crippen LogP) is 3.51. The van der Waals surface area contributed by atoms with Crippen LogP contribution in [0.15, 0.2) is 30.9 Å². The van der Waals surface area contributed by atoms with Gasteiger partial charge in [0.15, 0.2) is 0 Å². The van der Waals surface area contributed by atoms with Crippen LogP contribution < -0.4 is 5.32 Å². The molecule has 0 aromatic heterocycles. The Hall–Kier alpha value is -1.72. The minimum absolute atomic E-state index is 0.00815. The van der Waals surface area contributed by atoms with Gasteiger partial charge in [0.25, 0.3) is 5.91 Å². The predicted molar refractivity (Wildman–Crippen MR) is 90.1 cm³/mol. The number of likely N-dealkylation sites (tertiary alicyclic amines) is 1. The highest BCUT2D eigenvalue weighted by molar-refractivity contribution is 6.35. The van der Waals surface area contributed by atoms with Crippen LogP contribution in [0.25, 0.3) is 0 Å². The molecule has 1 aromatic carbocycles. The summed E-state index contributed by atoms with van der Waals surface area (Å²) in [6, 6.07) is 4.82. The van der Waals surface area contributed by atoms with E-state index in [0.29, 0.717) is 41.5 Å². The quantitative estimate of drug-likeness (QED) is 0.839. The number of halogens is 2. The summed E-state index contributed by atoms with van der Waals surface area (Å²) in [5.74, 6) is -0.148. The molecule has 5 nitrogen and oxygen atoms in total. The van der Waals surface area contributed by atoms with Gasteiger partial charge in [-0.05, 0) is 31.0 Å². The number of nitrogens with one attached hydrogen (secondary N) is 1. The molecule has 1 aliphatic rings. The van der Waals surface area contributed by atoms with E-state index in [1.807, 2.05) is 0 Å². The van der Waals surface area contributed by atoms with Crippen LogP contribution in [0.2, 0.25) is 10.0 Å². The first kappa shape index (κ1) is 17.6. The minimum atomic E-state index is -0.465. The van der Waals surface area contributed by atoms with Crippen LogP contribution >= 0.6 is 23.2 Å². The maximum atomic E-state index is 12.5. The molecule has 1 aromatic rings. The SMILES string of the molecule is C=CCOC(=O)NC1CCN(C(=O)c2cc(Cl)ccc2Cl)CC1. The molecule has 0 saturated carbocycles. The summed E-state index contributed by atoms with van der Waals surface area (Å²) in [5, 5.41) is 3.63. The van der Waals surface area contributed by atoms with Crippen molar-refractivity contribution < 1.29 is 14.3 Å². The number of carbonyl (C=O) groups is 2. The first-order chi connectivity index (χ1) is 11.0. The van der Waals surface area contributed by atoms with Crippen molar-refractivity contribution in [3.8, 4) is 0 Å². The summed E-state index contributed by atoms with van der Waals surface area (Å²) in [6.45, 7) is 4.73. The fraction of sp³-hybridized carbons (Fsp3) is 0.375. The topological polar surface area (TPSA) is 58.6 Å². The van der Waals surface area contributed by atoms with E-state index >= 15 is 0 Å². The first-order valence-corrected chi connectivity index (χ1v) is 8.05. The Morgan fingerprint density at radius 2 is 2.04 bits per heavy atom. The average molecular weight is 357 g/mol. The number of piperidine rings is 1. The van der Waals surface area contributed by atoms with E-state index < -0.39 is 6.09 Å². The van der Waals surface area contributed by atoms with Gasteiger partial charge < -0.3 is 15.0 Å². The summed E-state index contributed by atoms with van der Waals surface area (Å²) < 4.78 is 4.89. The van der Waals surface area contributed by atoms with Crippen molar-refractivity contribution in [3.63, 3.8) is 0 Å². The first-order valence-electron chi connectivity index (χ1n) is 7.29. The van der Waals surface area contributed by atoms with Gasteiger partial charge in [-0.25, -0.2) is 4.79 Å². The second-order valence-corrected chi connectivity index (χ2v) is 6.07. The number of alkyl carbamates (subject to hydrolysis) is 1. The van der Waals surface area contributed by atoms with E-state index in [1.165, 1.54) is 6.08 Å². The Bertz CT molecular complexity index is 599. The number of carbonyl (C=O) groups excluding carboxylic acids is 2. The molecule has 1 fully saturated rings. The fourth-order valence-corrected chi connectivity index (χ4v) is 2.77. The monoisotopic (exact) mass is 356 g/mol. The Morgan fingerprint density at radius 3 is 2.70 bits per heavy atom. The van der Waals surface area contributed by atoms with Crippen molar-refractivity contribution >= 4 is 35.2 Å². The van der Waals surface area contributed by atoms with Gasteiger partial charge in [-0.3, -0.25) is 4.79 Å². The third kappa shape index (κ3) is 4.88. The van der Waals surface area contributed by atoms with Crippen LogP contribution in [0.4, 0.5) is 4.79 Å². The summed E-state index contributed by atoms with van der Waals surface area (Å²) in [5.41, 5.74) is 0.399. The zero-order valence-corrected chi connectivity index (χ0v) is 14.1. The van der Waals surface area contributed by atoms with Crippen molar-refractivity contribution in [3.05, 3.63) is 46.5 Å². The average Bonchev–Trinajstić information content (AvgIpc) is 2.55. The molecule has 0 unspecified atom stereocenters. The highest BCUT2D eigenvalue weighted by atomic mass is 35.5. The van der Waals surface area contributed by atoms with Crippen molar-refractivity contribution in [1.82, 2.24) is 10.2 Å². The number of rotatable bonds is 4. The number of hydrogen-bond acceptors (Lipinski definition) is 3. The smallest absolute Gasteiger partial charge is 0.407 e. The molecule has 1 heterocycles. The Kier molecular flexibility index (Phi) is 6.30. The number of ether oxygens (including phenoxy) is 1. The number of nitrogens with zero attached hydrogens (tertiary/aromatic N) is 1. The maximum absolute atomic E-state index is 12.5. The lowest BCUT2D eigenvalue weighted by Gasteiger charge is -2.32. The Morgan fingerprint density at radius 1 is 1.35 bits per heavy atom. The molecule has 0 atom stereocenters. The molecular weight excluding hydrogens is 339 g/mol. The van der Waals surface area contributed by atoms with E-state index in [0.717, 1.165) is 0 Å². The van der Waals surface area contributed by atoms with E-state index in [-0.39, 0.29) is 18.6 Å². The van der Waals surface area contributed by atoms with E-state index in [4.69, 9.17) is 27.9 Å². The fourth-order valence-electron chi connectivity index (χ4n) is 2.40. The van der Waals surface area contributed by atoms with Gasteiger partial charge in [0.05, 0.1) is 10.6 Å². The third-order valence-electron chi connectivity index (χ3n) is 3.60. The highest BCUT2D eigenvalue weighted by Crippen LogP contribution is 2.23. The van der Waals surface area contributed by atoms with Gasteiger partial charge in [0.2, 0.25) is 0 Å². The highest BCUT2D eigenvalue weighted by Gasteiger charge is 2.26. The van der Waals surface area contributed by atoms with Crippen LogP contribution in [0, 0.1) is 0 Å². The zero-order chi connectivity index (χ0) is 16.8. The van der Waals surface area contributed by atoms with E-state index in [2.05, 4.69) is 11.9 Å². The standard InChI is InChI=1S/C16H18Cl2N2O3/c1-2-9-23-16(22)19-12-5-7-20(8-6-12)15(21)13-10-11(17)3-4-14(13)18/h2-4,10,12H,1,5-9H2,(H,19,22). The number of amides is 2. The van der Waals surface area contributed by atoms with Gasteiger partial charge in [-0.2, -0.15) is 0 Å². The van der Waals surface area contributed by atoms with Gasteiger partial charge in [-0.1, -0.05) is 35.9 Å². The van der Waals surface area contributed by atoms with Crippen LogP contribution in [-0.4, -0.2) is 42.6 Å². The molecule has 1 aliphatic heterocycles. The lowest BCUT2D eigenvalue weighted by Crippen LogP contribution is -2.46. The molecule has 0 aliphatic carbocycles. The largest absolute Gasteiger partial charge is 0.445 e. The molecule has 124 valence electrons. The number of benzene rings is 1. The molecule has 0 bridgehead atoms. The van der Waals surface area contributed by atoms with Crippen LogP contribution in [0.5, 0.6) is 0 Å². The van der Waals surface area contributed by atoms with Crippen molar-refractivity contribution in [2.45, 2.75) is 18.9 Å². The Balaban J connectivity index is 1.89. The molecule has 1 N–H and O–H groups in total. The van der Waals surface area contributed by atoms with E-state index in [9.17, 15) is 9.59 Å². The van der Waals surface area contributed by atoms with Crippen molar-refractivity contribution in [2.75, 3.05) is 19.7 Å². The van der Waals surface area contributed by atoms with E-state index in [1.54, 1.807) is 23.1 Å². The van der Waals surface area contributed by atoms with Crippen LogP contribution in [0.1, 0.15) is 23.2 Å². The van der Waals surface area contributed by atoms with Gasteiger partial charge >= 0.3 is 6.09 Å². The summed E-state index contributed by atoms with van der Waals surface area (Å²) in [4.78, 5) is 25.7. The molecule has 0 radical (unpaired) electrons. The molecule has 7 heteroatoms. The molecule has 2 amide bonds. The summed E-state index contributed by atoms with van der Waals surface area (Å²) in [7, 11) is 0. The molecule has 1 saturated heterocycles. The second kappa shape index (κ2) is 8.22. The van der Waals surface area contributed by atoms with Crippen LogP contribution in [0.3, 0.4) is 0 Å². The lowest BCUT2D eigenvalue weighted by molar-refractivity contribution is 0.0703. The second-order valence-electron chi connectivity index (χ2n) is 5.22. The van der Waals surface area contributed by atoms with Gasteiger partial charge in [0, 0.05) is 24.2 Å². The van der Waals surface area contributed by atoms with Gasteiger partial charge in [0.1, 0.15) is 6.61 Å². The maximum Gasteiger partial charge on any atom is 0.407 e. The Labute approximate surface area is 145 Å². The summed E-state index contributed by atoms with van der Waals surface area (Å²) >= 11 is 12.0. The molecular formula is C16H18Cl2N2O3.